The van der Waals surface area contributed by atoms with E-state index in [1.807, 2.05) is 0 Å². The molecule has 2 N–H and O–H groups in total. The van der Waals surface area contributed by atoms with Gasteiger partial charge in [-0.15, -0.1) is 24.0 Å². The molecule has 0 bridgehead atoms. The van der Waals surface area contributed by atoms with Gasteiger partial charge in [0.2, 0.25) is 5.88 Å². The lowest BCUT2D eigenvalue weighted by Gasteiger charge is -2.14. The van der Waals surface area contributed by atoms with Crippen molar-refractivity contribution in [3.05, 3.63) is 65.5 Å². The fourth-order valence-electron chi connectivity index (χ4n) is 4.18. The Morgan fingerprint density at radius 1 is 1.10 bits per heavy atom. The predicted molar refractivity (Wildman–Crippen MR) is 157 cm³/mol. The fraction of sp³-hybridized carbons (Fsp3) is 0.333. The van der Waals surface area contributed by atoms with Crippen molar-refractivity contribution in [2.45, 2.75) is 31.5 Å². The summed E-state index contributed by atoms with van der Waals surface area (Å²) in [6.07, 6.45) is 2.68. The summed E-state index contributed by atoms with van der Waals surface area (Å²) in [5.74, 6) is 1.71. The highest BCUT2D eigenvalue weighted by atomic mass is 127. The van der Waals surface area contributed by atoms with Gasteiger partial charge in [0.1, 0.15) is 30.1 Å². The van der Waals surface area contributed by atoms with Crippen molar-refractivity contribution in [3.63, 3.8) is 0 Å². The standard InChI is InChI=1S/C27H27F3N8O2.HI/c1-38-14-20(27(28,29)30)36-25(38)18-5-3-16(4-6-18)12-32-23-19(11-31)13-33-24(37-23)21-22(17-7-8-17)34-15-35-26(21)40-10-9-39-2;/h3-6,11,13-15,17,31H,7-10,12H2,1-2H3,(H,32,33,37);1H. The lowest BCUT2D eigenvalue weighted by molar-refractivity contribution is -0.140. The first-order chi connectivity index (χ1) is 19.3. The van der Waals surface area contributed by atoms with Crippen LogP contribution in [0.2, 0.25) is 0 Å². The normalized spacial score (nSPS) is 13.0. The number of ether oxygens (including phenoxy) is 2. The summed E-state index contributed by atoms with van der Waals surface area (Å²) in [5.41, 5.74) is 2.42. The molecule has 3 heterocycles. The number of halogens is 4. The van der Waals surface area contributed by atoms with Gasteiger partial charge < -0.3 is 24.8 Å². The highest BCUT2D eigenvalue weighted by Gasteiger charge is 2.34. The second-order valence-electron chi connectivity index (χ2n) is 9.31. The molecule has 0 spiro atoms. The van der Waals surface area contributed by atoms with Crippen molar-refractivity contribution in [3.8, 4) is 28.7 Å². The van der Waals surface area contributed by atoms with Gasteiger partial charge in [-0.05, 0) is 18.4 Å². The molecule has 216 valence electrons. The number of methoxy groups -OCH3 is 1. The quantitative estimate of drug-likeness (QED) is 0.121. The van der Waals surface area contributed by atoms with Crippen LogP contribution in [0.15, 0.2) is 43.0 Å². The second kappa shape index (κ2) is 12.9. The molecule has 5 rings (SSSR count). The number of anilines is 1. The van der Waals surface area contributed by atoms with E-state index in [-0.39, 0.29) is 35.7 Å². The van der Waals surface area contributed by atoms with Crippen molar-refractivity contribution < 1.29 is 22.6 Å². The summed E-state index contributed by atoms with van der Waals surface area (Å²) in [7, 11) is 3.12. The molecule has 0 aliphatic heterocycles. The van der Waals surface area contributed by atoms with Crippen LogP contribution < -0.4 is 10.1 Å². The van der Waals surface area contributed by atoms with Crippen molar-refractivity contribution in [2.75, 3.05) is 25.6 Å². The van der Waals surface area contributed by atoms with Crippen LogP contribution in [-0.2, 0) is 24.5 Å². The molecule has 1 fully saturated rings. The Balaban J connectivity index is 0.00000387. The van der Waals surface area contributed by atoms with Crippen LogP contribution >= 0.6 is 24.0 Å². The molecule has 1 aromatic carbocycles. The number of rotatable bonds is 11. The van der Waals surface area contributed by atoms with Crippen molar-refractivity contribution in [2.24, 2.45) is 7.05 Å². The maximum absolute atomic E-state index is 13.0. The van der Waals surface area contributed by atoms with E-state index in [2.05, 4.69) is 25.3 Å². The van der Waals surface area contributed by atoms with Crippen LogP contribution in [0.3, 0.4) is 0 Å². The van der Waals surface area contributed by atoms with Crippen LogP contribution in [0.1, 0.15) is 41.3 Å². The van der Waals surface area contributed by atoms with Crippen LogP contribution in [0.25, 0.3) is 22.8 Å². The number of imidazole rings is 1. The third-order valence-corrected chi connectivity index (χ3v) is 6.37. The maximum atomic E-state index is 13.0. The lowest BCUT2D eigenvalue weighted by atomic mass is 10.1. The Hall–Kier alpha value is -3.66. The molecule has 0 atom stereocenters. The first-order valence-corrected chi connectivity index (χ1v) is 12.6. The van der Waals surface area contributed by atoms with Gasteiger partial charge in [0.25, 0.3) is 0 Å². The Morgan fingerprint density at radius 2 is 1.85 bits per heavy atom. The van der Waals surface area contributed by atoms with E-state index < -0.39 is 11.9 Å². The molecule has 10 nitrogen and oxygen atoms in total. The number of aromatic nitrogens is 6. The molecule has 1 aliphatic rings. The Kier molecular flexibility index (Phi) is 9.53. The molecular formula is C27H28F3IN8O2. The Bertz CT molecular complexity index is 1510. The van der Waals surface area contributed by atoms with Gasteiger partial charge in [-0.3, -0.25) is 0 Å². The zero-order chi connectivity index (χ0) is 28.3. The molecule has 41 heavy (non-hydrogen) atoms. The molecular weight excluding hydrogens is 652 g/mol. The monoisotopic (exact) mass is 680 g/mol. The highest BCUT2D eigenvalue weighted by Crippen LogP contribution is 2.45. The second-order valence-corrected chi connectivity index (χ2v) is 9.31. The van der Waals surface area contributed by atoms with Gasteiger partial charge in [-0.2, -0.15) is 13.2 Å². The molecule has 1 aliphatic carbocycles. The summed E-state index contributed by atoms with van der Waals surface area (Å²) in [6, 6.07) is 7.04. The van der Waals surface area contributed by atoms with E-state index in [0.717, 1.165) is 36.5 Å². The van der Waals surface area contributed by atoms with E-state index >= 15 is 0 Å². The van der Waals surface area contributed by atoms with Gasteiger partial charge >= 0.3 is 6.18 Å². The molecule has 0 amide bonds. The first-order valence-electron chi connectivity index (χ1n) is 12.6. The van der Waals surface area contributed by atoms with Crippen LogP contribution in [-0.4, -0.2) is 56.0 Å². The molecule has 3 aromatic heterocycles. The maximum Gasteiger partial charge on any atom is 0.434 e. The van der Waals surface area contributed by atoms with Crippen LogP contribution in [0.4, 0.5) is 19.0 Å². The third-order valence-electron chi connectivity index (χ3n) is 6.37. The molecule has 0 unspecified atom stereocenters. The Morgan fingerprint density at radius 3 is 2.49 bits per heavy atom. The number of benzene rings is 1. The van der Waals surface area contributed by atoms with Crippen molar-refractivity contribution >= 4 is 36.0 Å². The SMILES string of the molecule is COCCOc1ncnc(C2CC2)c1-c1ncc(C=N)c(NCc2ccc(-c3nc(C(F)(F)F)cn3C)cc2)n1.I. The zero-order valence-electron chi connectivity index (χ0n) is 22.3. The van der Waals surface area contributed by atoms with Crippen molar-refractivity contribution in [1.82, 2.24) is 29.5 Å². The summed E-state index contributed by atoms with van der Waals surface area (Å²) in [6.45, 7) is 1.05. The summed E-state index contributed by atoms with van der Waals surface area (Å²) in [4.78, 5) is 21.7. The Labute approximate surface area is 251 Å². The largest absolute Gasteiger partial charge is 0.475 e. The fourth-order valence-corrected chi connectivity index (χ4v) is 4.18. The van der Waals surface area contributed by atoms with Crippen molar-refractivity contribution in [1.29, 1.82) is 5.41 Å². The first kappa shape index (κ1) is 30.3. The van der Waals surface area contributed by atoms with E-state index in [9.17, 15) is 13.2 Å². The highest BCUT2D eigenvalue weighted by molar-refractivity contribution is 14.0. The zero-order valence-corrected chi connectivity index (χ0v) is 24.6. The molecule has 14 heteroatoms. The van der Waals surface area contributed by atoms with Gasteiger partial charge in [-0.25, -0.2) is 24.9 Å². The van der Waals surface area contributed by atoms with Gasteiger partial charge in [-0.1, -0.05) is 24.3 Å². The molecule has 0 saturated heterocycles. The number of hydrogen-bond donors (Lipinski definition) is 2. The lowest BCUT2D eigenvalue weighted by Crippen LogP contribution is -2.10. The third kappa shape index (κ3) is 6.98. The topological polar surface area (TPSA) is 124 Å². The van der Waals surface area contributed by atoms with Gasteiger partial charge in [0.15, 0.2) is 11.5 Å². The minimum absolute atomic E-state index is 0. The number of nitrogens with one attached hydrogen (secondary N) is 2. The minimum atomic E-state index is -4.51. The molecule has 1 saturated carbocycles. The van der Waals surface area contributed by atoms with Crippen LogP contribution in [0, 0.1) is 5.41 Å². The molecule has 0 radical (unpaired) electrons. The summed E-state index contributed by atoms with van der Waals surface area (Å²) < 4.78 is 51.4. The van der Waals surface area contributed by atoms with E-state index in [1.165, 1.54) is 17.9 Å². The smallest absolute Gasteiger partial charge is 0.434 e. The van der Waals surface area contributed by atoms with E-state index in [0.29, 0.717) is 54.0 Å². The average Bonchev–Trinajstić information content (AvgIpc) is 3.72. The molecule has 4 aromatic rings. The number of hydrogen-bond acceptors (Lipinski definition) is 9. The minimum Gasteiger partial charge on any atom is -0.475 e. The average molecular weight is 680 g/mol. The van der Waals surface area contributed by atoms with Crippen LogP contribution in [0.5, 0.6) is 5.88 Å². The van der Waals surface area contributed by atoms with Gasteiger partial charge in [0.05, 0.1) is 17.9 Å². The van der Waals surface area contributed by atoms with E-state index in [1.54, 1.807) is 37.6 Å². The number of nitrogens with zero attached hydrogens (tertiary/aromatic N) is 6. The predicted octanol–water partition coefficient (Wildman–Crippen LogP) is 5.48. The van der Waals surface area contributed by atoms with Gasteiger partial charge in [0, 0.05) is 50.8 Å². The summed E-state index contributed by atoms with van der Waals surface area (Å²) >= 11 is 0. The summed E-state index contributed by atoms with van der Waals surface area (Å²) in [5, 5.41) is 11.1. The number of aryl methyl sites for hydroxylation is 1. The van der Waals surface area contributed by atoms with E-state index in [4.69, 9.17) is 19.9 Å². The number of alkyl halides is 3.